The maximum atomic E-state index is 11.5. The first kappa shape index (κ1) is 15.5. The number of carboxylic acids is 1. The summed E-state index contributed by atoms with van der Waals surface area (Å²) >= 11 is 3.21. The van der Waals surface area contributed by atoms with Crippen molar-refractivity contribution in [3.05, 3.63) is 28.2 Å². The van der Waals surface area contributed by atoms with Crippen LogP contribution in [-0.2, 0) is 4.79 Å². The van der Waals surface area contributed by atoms with Crippen molar-refractivity contribution < 1.29 is 19.4 Å². The summed E-state index contributed by atoms with van der Waals surface area (Å²) in [5.41, 5.74) is 0.156. The lowest BCUT2D eigenvalue weighted by molar-refractivity contribution is -0.123. The quantitative estimate of drug-likeness (QED) is 0.839. The van der Waals surface area contributed by atoms with E-state index >= 15 is 0 Å². The zero-order chi connectivity index (χ0) is 14.4. The molecule has 0 heterocycles. The van der Waals surface area contributed by atoms with Gasteiger partial charge in [-0.25, -0.2) is 4.79 Å². The second-order valence-electron chi connectivity index (χ2n) is 4.44. The minimum Gasteiger partial charge on any atom is -0.483 e. The van der Waals surface area contributed by atoms with Crippen LogP contribution >= 0.6 is 15.9 Å². The maximum absolute atomic E-state index is 11.5. The number of nitrogens with one attached hydrogen (secondary N) is 1. The lowest BCUT2D eigenvalue weighted by Crippen LogP contribution is -2.31. The molecule has 19 heavy (non-hydrogen) atoms. The molecule has 104 valence electrons. The summed E-state index contributed by atoms with van der Waals surface area (Å²) in [5, 5.41) is 11.5. The lowest BCUT2D eigenvalue weighted by Gasteiger charge is -2.10. The SMILES string of the molecule is CC(C)CNC(=O)COc1ccc(C(=O)O)cc1Br. The van der Waals surface area contributed by atoms with Gasteiger partial charge in [0.05, 0.1) is 10.0 Å². The smallest absolute Gasteiger partial charge is 0.335 e. The van der Waals surface area contributed by atoms with Crippen LogP contribution in [0.1, 0.15) is 24.2 Å². The molecule has 0 aliphatic rings. The van der Waals surface area contributed by atoms with E-state index < -0.39 is 5.97 Å². The van der Waals surface area contributed by atoms with Crippen LogP contribution in [0.3, 0.4) is 0 Å². The zero-order valence-electron chi connectivity index (χ0n) is 10.8. The van der Waals surface area contributed by atoms with Gasteiger partial charge in [-0.05, 0) is 40.0 Å². The minimum atomic E-state index is -1.01. The number of carboxylic acid groups (broad SMARTS) is 1. The second kappa shape index (κ2) is 7.13. The molecule has 1 amide bonds. The second-order valence-corrected chi connectivity index (χ2v) is 5.29. The van der Waals surface area contributed by atoms with Crippen LogP contribution in [0.5, 0.6) is 5.75 Å². The third kappa shape index (κ3) is 5.30. The van der Waals surface area contributed by atoms with Crippen LogP contribution in [0, 0.1) is 5.92 Å². The van der Waals surface area contributed by atoms with Crippen LogP contribution < -0.4 is 10.1 Å². The van der Waals surface area contributed by atoms with Gasteiger partial charge in [0.25, 0.3) is 5.91 Å². The molecular weight excluding hydrogens is 314 g/mol. The normalized spacial score (nSPS) is 10.3. The number of amides is 1. The standard InChI is InChI=1S/C13H16BrNO4/c1-8(2)6-15-12(16)7-19-11-4-3-9(13(17)18)5-10(11)14/h3-5,8H,6-7H2,1-2H3,(H,15,16)(H,17,18). The molecule has 0 radical (unpaired) electrons. The minimum absolute atomic E-state index is 0.0995. The number of aromatic carboxylic acids is 1. The first-order chi connectivity index (χ1) is 8.90. The largest absolute Gasteiger partial charge is 0.483 e. The van der Waals surface area contributed by atoms with E-state index in [9.17, 15) is 9.59 Å². The number of halogens is 1. The highest BCUT2D eigenvalue weighted by Gasteiger charge is 2.09. The average molecular weight is 330 g/mol. The predicted molar refractivity (Wildman–Crippen MR) is 74.4 cm³/mol. The molecule has 1 aromatic carbocycles. The van der Waals surface area contributed by atoms with Crippen molar-refractivity contribution in [3.8, 4) is 5.75 Å². The van der Waals surface area contributed by atoms with Gasteiger partial charge in [-0.3, -0.25) is 4.79 Å². The van der Waals surface area contributed by atoms with Gasteiger partial charge in [0.1, 0.15) is 5.75 Å². The lowest BCUT2D eigenvalue weighted by atomic mass is 10.2. The third-order valence-corrected chi connectivity index (χ3v) is 2.86. The zero-order valence-corrected chi connectivity index (χ0v) is 12.4. The summed E-state index contributed by atoms with van der Waals surface area (Å²) in [6, 6.07) is 4.38. The number of benzene rings is 1. The van der Waals surface area contributed by atoms with Crippen LogP contribution in [-0.4, -0.2) is 30.1 Å². The molecule has 0 atom stereocenters. The highest BCUT2D eigenvalue weighted by atomic mass is 79.9. The fourth-order valence-corrected chi connectivity index (χ4v) is 1.76. The Labute approximate surface area is 120 Å². The predicted octanol–water partition coefficient (Wildman–Crippen LogP) is 2.30. The molecule has 0 saturated heterocycles. The van der Waals surface area contributed by atoms with E-state index in [0.717, 1.165) is 0 Å². The van der Waals surface area contributed by atoms with Gasteiger partial charge in [0.15, 0.2) is 6.61 Å². The molecular formula is C13H16BrNO4. The van der Waals surface area contributed by atoms with Gasteiger partial charge in [0, 0.05) is 6.54 Å². The molecule has 0 aromatic heterocycles. The fraction of sp³-hybridized carbons (Fsp3) is 0.385. The summed E-state index contributed by atoms with van der Waals surface area (Å²) in [6.45, 7) is 4.50. The van der Waals surface area contributed by atoms with Gasteiger partial charge in [-0.1, -0.05) is 13.8 Å². The number of carbonyl (C=O) groups is 2. The molecule has 0 aliphatic carbocycles. The number of rotatable bonds is 6. The van der Waals surface area contributed by atoms with E-state index in [4.69, 9.17) is 9.84 Å². The molecule has 2 N–H and O–H groups in total. The maximum Gasteiger partial charge on any atom is 0.335 e. The Balaban J connectivity index is 2.54. The third-order valence-electron chi connectivity index (χ3n) is 2.25. The van der Waals surface area contributed by atoms with Crippen molar-refractivity contribution in [2.24, 2.45) is 5.92 Å². The van der Waals surface area contributed by atoms with E-state index in [1.165, 1.54) is 18.2 Å². The number of hydrogen-bond acceptors (Lipinski definition) is 3. The van der Waals surface area contributed by atoms with E-state index in [1.54, 1.807) is 0 Å². The molecule has 0 bridgehead atoms. The molecule has 0 aliphatic heterocycles. The van der Waals surface area contributed by atoms with Crippen LogP contribution in [0.2, 0.25) is 0 Å². The fourth-order valence-electron chi connectivity index (χ4n) is 1.26. The van der Waals surface area contributed by atoms with Crippen LogP contribution in [0.15, 0.2) is 22.7 Å². The van der Waals surface area contributed by atoms with E-state index in [1.807, 2.05) is 13.8 Å². The van der Waals surface area contributed by atoms with Gasteiger partial charge in [-0.15, -0.1) is 0 Å². The molecule has 1 rings (SSSR count). The monoisotopic (exact) mass is 329 g/mol. The average Bonchev–Trinajstić information content (AvgIpc) is 2.34. The summed E-state index contributed by atoms with van der Waals surface area (Å²) in [7, 11) is 0. The van der Waals surface area contributed by atoms with Crippen molar-refractivity contribution in [2.75, 3.05) is 13.2 Å². The van der Waals surface area contributed by atoms with Gasteiger partial charge >= 0.3 is 5.97 Å². The molecule has 0 saturated carbocycles. The van der Waals surface area contributed by atoms with Crippen LogP contribution in [0.4, 0.5) is 0 Å². The Bertz CT molecular complexity index is 474. The van der Waals surface area contributed by atoms with Crippen LogP contribution in [0.25, 0.3) is 0 Å². The van der Waals surface area contributed by atoms with E-state index in [-0.39, 0.29) is 18.1 Å². The van der Waals surface area contributed by atoms with E-state index in [2.05, 4.69) is 21.2 Å². The van der Waals surface area contributed by atoms with Gasteiger partial charge in [-0.2, -0.15) is 0 Å². The Morgan fingerprint density at radius 3 is 2.63 bits per heavy atom. The van der Waals surface area contributed by atoms with Gasteiger partial charge in [0.2, 0.25) is 0 Å². The van der Waals surface area contributed by atoms with Crippen molar-refractivity contribution in [2.45, 2.75) is 13.8 Å². The highest BCUT2D eigenvalue weighted by Crippen LogP contribution is 2.25. The summed E-state index contributed by atoms with van der Waals surface area (Å²) in [6.07, 6.45) is 0. The molecule has 5 nitrogen and oxygen atoms in total. The number of hydrogen-bond donors (Lipinski definition) is 2. The first-order valence-electron chi connectivity index (χ1n) is 5.82. The highest BCUT2D eigenvalue weighted by molar-refractivity contribution is 9.10. The summed E-state index contributed by atoms with van der Waals surface area (Å²) < 4.78 is 5.82. The Kier molecular flexibility index (Phi) is 5.82. The summed E-state index contributed by atoms with van der Waals surface area (Å²) in [5.74, 6) is -0.403. The summed E-state index contributed by atoms with van der Waals surface area (Å²) in [4.78, 5) is 22.2. The first-order valence-corrected chi connectivity index (χ1v) is 6.61. The van der Waals surface area contributed by atoms with Gasteiger partial charge < -0.3 is 15.2 Å². The van der Waals surface area contributed by atoms with Crippen molar-refractivity contribution >= 4 is 27.8 Å². The molecule has 6 heteroatoms. The molecule has 0 fully saturated rings. The van der Waals surface area contributed by atoms with E-state index in [0.29, 0.717) is 22.7 Å². The molecule has 1 aromatic rings. The number of carbonyl (C=O) groups excluding carboxylic acids is 1. The van der Waals surface area contributed by atoms with Crippen molar-refractivity contribution in [1.82, 2.24) is 5.32 Å². The molecule has 0 unspecified atom stereocenters. The Morgan fingerprint density at radius 2 is 2.11 bits per heavy atom. The number of ether oxygens (including phenoxy) is 1. The van der Waals surface area contributed by atoms with Crippen molar-refractivity contribution in [3.63, 3.8) is 0 Å². The Morgan fingerprint density at radius 1 is 1.42 bits per heavy atom. The Hall–Kier alpha value is -1.56. The molecule has 0 spiro atoms. The van der Waals surface area contributed by atoms with Crippen molar-refractivity contribution in [1.29, 1.82) is 0 Å². The topological polar surface area (TPSA) is 75.6 Å².